The first kappa shape index (κ1) is 12.5. The van der Waals surface area contributed by atoms with E-state index in [0.717, 1.165) is 10.9 Å². The van der Waals surface area contributed by atoms with Crippen LogP contribution < -0.4 is 0 Å². The van der Waals surface area contributed by atoms with Crippen LogP contribution in [0.4, 0.5) is 0 Å². The number of nitrogens with zero attached hydrogens (tertiary/aromatic N) is 1. The first-order valence-corrected chi connectivity index (χ1v) is 5.94. The van der Waals surface area contributed by atoms with E-state index in [-0.39, 0.29) is 17.4 Å². The highest BCUT2D eigenvalue weighted by Gasteiger charge is 2.39. The summed E-state index contributed by atoms with van der Waals surface area (Å²) in [5, 5.41) is 0. The van der Waals surface area contributed by atoms with E-state index in [2.05, 4.69) is 42.9 Å². The Kier molecular flexibility index (Phi) is 3.77. The number of likely N-dealkylation sites (tertiary alicyclic amines) is 1. The van der Waals surface area contributed by atoms with Crippen LogP contribution in [0.25, 0.3) is 0 Å². The summed E-state index contributed by atoms with van der Waals surface area (Å²) in [6.07, 6.45) is 3.49. The maximum absolute atomic E-state index is 11.7. The molecule has 0 N–H and O–H groups in total. The summed E-state index contributed by atoms with van der Waals surface area (Å²) in [5.74, 6) is 0.218. The molecule has 1 aliphatic heterocycles. The van der Waals surface area contributed by atoms with Gasteiger partial charge in [-0.05, 0) is 6.42 Å². The SMILES string of the molecule is C=CC(C)(C)C1CCC(=O)N1CC(=C)Br. The average Bonchev–Trinajstić information content (AvgIpc) is 2.48. The van der Waals surface area contributed by atoms with Gasteiger partial charge in [0.15, 0.2) is 0 Å². The largest absolute Gasteiger partial charge is 0.334 e. The van der Waals surface area contributed by atoms with E-state index in [9.17, 15) is 4.79 Å². The minimum absolute atomic E-state index is 0.0331. The number of amides is 1. The van der Waals surface area contributed by atoms with E-state index in [1.54, 1.807) is 0 Å². The van der Waals surface area contributed by atoms with Gasteiger partial charge in [0.25, 0.3) is 0 Å². The van der Waals surface area contributed by atoms with Gasteiger partial charge in [-0.2, -0.15) is 0 Å². The van der Waals surface area contributed by atoms with Crippen molar-refractivity contribution in [2.75, 3.05) is 6.54 Å². The van der Waals surface area contributed by atoms with Crippen LogP contribution in [0.5, 0.6) is 0 Å². The van der Waals surface area contributed by atoms with Crippen LogP contribution in [-0.4, -0.2) is 23.4 Å². The Morgan fingerprint density at radius 1 is 1.73 bits per heavy atom. The monoisotopic (exact) mass is 271 g/mol. The summed E-state index contributed by atoms with van der Waals surface area (Å²) >= 11 is 3.31. The minimum Gasteiger partial charge on any atom is -0.334 e. The Hall–Kier alpha value is -0.570. The molecule has 1 heterocycles. The molecule has 0 aromatic rings. The number of carbonyl (C=O) groups excluding carboxylic acids is 1. The van der Waals surface area contributed by atoms with Gasteiger partial charge in [-0.15, -0.1) is 6.58 Å². The second-order valence-electron chi connectivity index (χ2n) is 4.62. The molecule has 84 valence electrons. The molecular formula is C12H18BrNO. The molecule has 1 saturated heterocycles. The predicted molar refractivity (Wildman–Crippen MR) is 66.8 cm³/mol. The lowest BCUT2D eigenvalue weighted by atomic mass is 9.83. The molecule has 0 aromatic heterocycles. The molecule has 1 atom stereocenters. The van der Waals surface area contributed by atoms with E-state index in [1.165, 1.54) is 0 Å². The van der Waals surface area contributed by atoms with Crippen molar-refractivity contribution in [3.05, 3.63) is 23.7 Å². The molecule has 2 nitrogen and oxygen atoms in total. The molecule has 0 aliphatic carbocycles. The minimum atomic E-state index is -0.0331. The molecule has 1 aliphatic rings. The Morgan fingerprint density at radius 3 is 2.80 bits per heavy atom. The maximum atomic E-state index is 11.7. The molecule has 3 heteroatoms. The molecule has 1 amide bonds. The highest BCUT2D eigenvalue weighted by atomic mass is 79.9. The lowest BCUT2D eigenvalue weighted by molar-refractivity contribution is -0.129. The Bertz CT molecular complexity index is 296. The van der Waals surface area contributed by atoms with Crippen molar-refractivity contribution in [2.45, 2.75) is 32.7 Å². The third kappa shape index (κ3) is 2.71. The number of halogens is 1. The zero-order valence-electron chi connectivity index (χ0n) is 9.42. The molecule has 0 radical (unpaired) electrons. The summed E-state index contributed by atoms with van der Waals surface area (Å²) in [5.41, 5.74) is -0.0331. The first-order chi connectivity index (χ1) is 6.88. The van der Waals surface area contributed by atoms with Crippen molar-refractivity contribution in [1.29, 1.82) is 0 Å². The first-order valence-electron chi connectivity index (χ1n) is 5.15. The second-order valence-corrected chi connectivity index (χ2v) is 5.74. The fourth-order valence-electron chi connectivity index (χ4n) is 2.03. The van der Waals surface area contributed by atoms with E-state index < -0.39 is 0 Å². The molecule has 0 bridgehead atoms. The zero-order valence-corrected chi connectivity index (χ0v) is 11.0. The standard InChI is InChI=1S/C12H18BrNO/c1-5-12(3,4)10-6-7-11(15)14(10)8-9(2)13/h5,10H,1-2,6-8H2,3-4H3. The van der Waals surface area contributed by atoms with Crippen molar-refractivity contribution in [3.8, 4) is 0 Å². The van der Waals surface area contributed by atoms with Gasteiger partial charge in [0.05, 0.1) is 6.54 Å². The average molecular weight is 272 g/mol. The van der Waals surface area contributed by atoms with E-state index in [0.29, 0.717) is 13.0 Å². The normalized spacial score (nSPS) is 21.9. The molecular weight excluding hydrogens is 254 g/mol. The topological polar surface area (TPSA) is 20.3 Å². The van der Waals surface area contributed by atoms with Crippen LogP contribution in [0.1, 0.15) is 26.7 Å². The van der Waals surface area contributed by atoms with E-state index in [4.69, 9.17) is 0 Å². The van der Waals surface area contributed by atoms with Crippen LogP contribution >= 0.6 is 15.9 Å². The highest BCUT2D eigenvalue weighted by molar-refractivity contribution is 9.11. The smallest absolute Gasteiger partial charge is 0.223 e. The molecule has 0 spiro atoms. The van der Waals surface area contributed by atoms with Crippen LogP contribution in [-0.2, 0) is 4.79 Å². The van der Waals surface area contributed by atoms with Crippen molar-refractivity contribution in [2.24, 2.45) is 5.41 Å². The van der Waals surface area contributed by atoms with Gasteiger partial charge in [-0.1, -0.05) is 42.4 Å². The van der Waals surface area contributed by atoms with Crippen molar-refractivity contribution in [3.63, 3.8) is 0 Å². The summed E-state index contributed by atoms with van der Waals surface area (Å²) in [4.78, 5) is 13.6. The second kappa shape index (κ2) is 4.52. The maximum Gasteiger partial charge on any atom is 0.223 e. The highest BCUT2D eigenvalue weighted by Crippen LogP contribution is 2.35. The number of carbonyl (C=O) groups is 1. The van der Waals surface area contributed by atoms with Gasteiger partial charge in [0, 0.05) is 22.4 Å². The summed E-state index contributed by atoms with van der Waals surface area (Å²) in [7, 11) is 0. The van der Waals surface area contributed by atoms with Crippen LogP contribution in [0, 0.1) is 5.41 Å². The third-order valence-corrected chi connectivity index (χ3v) is 3.31. The molecule has 1 rings (SSSR count). The molecule has 0 aromatic carbocycles. The lowest BCUT2D eigenvalue weighted by Gasteiger charge is -2.35. The van der Waals surface area contributed by atoms with Crippen LogP contribution in [0.3, 0.4) is 0 Å². The van der Waals surface area contributed by atoms with E-state index in [1.807, 2.05) is 11.0 Å². The van der Waals surface area contributed by atoms with Gasteiger partial charge in [-0.25, -0.2) is 0 Å². The van der Waals surface area contributed by atoms with Gasteiger partial charge in [0.1, 0.15) is 0 Å². The fraction of sp³-hybridized carbons (Fsp3) is 0.583. The van der Waals surface area contributed by atoms with Gasteiger partial charge in [0.2, 0.25) is 5.91 Å². The van der Waals surface area contributed by atoms with Gasteiger partial charge in [-0.3, -0.25) is 4.79 Å². The number of rotatable bonds is 4. The zero-order chi connectivity index (χ0) is 11.6. The summed E-state index contributed by atoms with van der Waals surface area (Å²) in [6.45, 7) is 12.5. The van der Waals surface area contributed by atoms with E-state index >= 15 is 0 Å². The van der Waals surface area contributed by atoms with Crippen LogP contribution in [0.15, 0.2) is 23.7 Å². The Labute approximate surface area is 100 Å². The Balaban J connectivity index is 2.85. The summed E-state index contributed by atoms with van der Waals surface area (Å²) in [6, 6.07) is 0.247. The molecule has 1 unspecified atom stereocenters. The number of hydrogen-bond acceptors (Lipinski definition) is 1. The quantitative estimate of drug-likeness (QED) is 0.720. The Morgan fingerprint density at radius 2 is 2.33 bits per heavy atom. The third-order valence-electron chi connectivity index (χ3n) is 3.06. The van der Waals surface area contributed by atoms with Crippen molar-refractivity contribution < 1.29 is 4.79 Å². The molecule has 1 fully saturated rings. The lowest BCUT2D eigenvalue weighted by Crippen LogP contribution is -2.42. The van der Waals surface area contributed by atoms with Crippen molar-refractivity contribution >= 4 is 21.8 Å². The van der Waals surface area contributed by atoms with Crippen molar-refractivity contribution in [1.82, 2.24) is 4.90 Å². The summed E-state index contributed by atoms with van der Waals surface area (Å²) < 4.78 is 0.850. The van der Waals surface area contributed by atoms with Gasteiger partial charge >= 0.3 is 0 Å². The number of hydrogen-bond donors (Lipinski definition) is 0. The van der Waals surface area contributed by atoms with Gasteiger partial charge < -0.3 is 4.90 Å². The predicted octanol–water partition coefficient (Wildman–Crippen LogP) is 3.10. The van der Waals surface area contributed by atoms with Crippen LogP contribution in [0.2, 0.25) is 0 Å². The molecule has 0 saturated carbocycles. The fourth-order valence-corrected chi connectivity index (χ4v) is 2.30. The molecule has 15 heavy (non-hydrogen) atoms.